The number of hydrogen-bond acceptors (Lipinski definition) is 4. The zero-order chi connectivity index (χ0) is 30.4. The van der Waals surface area contributed by atoms with Crippen LogP contribution in [0.4, 0.5) is 35.5 Å². The fraction of sp³-hybridized carbons (Fsp3) is 0.481. The number of nitrogens with one attached hydrogen (secondary N) is 1. The fourth-order valence-corrected chi connectivity index (χ4v) is 5.55. The highest BCUT2D eigenvalue weighted by atomic mass is 79.9. The molecule has 1 unspecified atom stereocenters. The average molecular weight is 655 g/mol. The van der Waals surface area contributed by atoms with Crippen LogP contribution < -0.4 is 10.1 Å². The Morgan fingerprint density at radius 2 is 1.76 bits per heavy atom. The van der Waals surface area contributed by atoms with Crippen LogP contribution in [-0.2, 0) is 33.7 Å². The van der Waals surface area contributed by atoms with E-state index >= 15 is 0 Å². The molecule has 1 fully saturated rings. The summed E-state index contributed by atoms with van der Waals surface area (Å²) < 4.78 is 106. The van der Waals surface area contributed by atoms with E-state index in [2.05, 4.69) is 26.0 Å². The van der Waals surface area contributed by atoms with Crippen molar-refractivity contribution in [3.05, 3.63) is 62.9 Å². The van der Waals surface area contributed by atoms with Gasteiger partial charge in [0.2, 0.25) is 0 Å². The number of fused-ring (bicyclic) bond motifs is 1. The number of carbonyl (C=O) groups is 2. The highest BCUT2D eigenvalue weighted by Crippen LogP contribution is 2.58. The maximum atomic E-state index is 13.7. The van der Waals surface area contributed by atoms with Crippen molar-refractivity contribution in [2.24, 2.45) is 0 Å². The number of unbranched alkanes of at least 4 members (excludes halogenated alkanes) is 1. The monoisotopic (exact) mass is 654 g/mol. The van der Waals surface area contributed by atoms with Gasteiger partial charge in [-0.25, -0.2) is 9.18 Å². The summed E-state index contributed by atoms with van der Waals surface area (Å²) in [4.78, 5) is 26.6. The summed E-state index contributed by atoms with van der Waals surface area (Å²) in [5.74, 6) is -0.897. The lowest BCUT2D eigenvalue weighted by Gasteiger charge is -2.33. The van der Waals surface area contributed by atoms with Gasteiger partial charge < -0.3 is 14.8 Å². The molecule has 0 bridgehead atoms. The molecule has 2 aliphatic rings. The van der Waals surface area contributed by atoms with Crippen molar-refractivity contribution < 1.29 is 49.8 Å². The molecule has 224 valence electrons. The van der Waals surface area contributed by atoms with Crippen LogP contribution >= 0.6 is 15.9 Å². The van der Waals surface area contributed by atoms with Crippen LogP contribution in [-0.4, -0.2) is 42.3 Å². The molecule has 2 heterocycles. The van der Waals surface area contributed by atoms with Gasteiger partial charge >= 0.3 is 18.4 Å². The Morgan fingerprint density at radius 3 is 2.37 bits per heavy atom. The first-order valence-electron chi connectivity index (χ1n) is 12.7. The lowest BCUT2D eigenvalue weighted by molar-refractivity contribution is -0.385. The summed E-state index contributed by atoms with van der Waals surface area (Å²) >= 11 is 3.07. The molecule has 6 nitrogen and oxygen atoms in total. The first-order chi connectivity index (χ1) is 19.1. The Hall–Kier alpha value is -2.87. The van der Waals surface area contributed by atoms with E-state index in [1.807, 2.05) is 0 Å². The number of urea groups is 1. The van der Waals surface area contributed by atoms with Crippen LogP contribution in [0.5, 0.6) is 5.75 Å². The van der Waals surface area contributed by atoms with Crippen LogP contribution in [0.3, 0.4) is 0 Å². The van der Waals surface area contributed by atoms with Gasteiger partial charge in [0.1, 0.15) is 17.1 Å². The molecule has 1 saturated heterocycles. The first kappa shape index (κ1) is 31.1. The van der Waals surface area contributed by atoms with Crippen LogP contribution in [0.2, 0.25) is 0 Å². The molecule has 14 heteroatoms. The average Bonchev–Trinajstić information content (AvgIpc) is 3.39. The normalized spacial score (nSPS) is 20.4. The Kier molecular flexibility index (Phi) is 8.40. The van der Waals surface area contributed by atoms with Gasteiger partial charge in [-0.1, -0.05) is 25.5 Å². The van der Waals surface area contributed by atoms with E-state index in [4.69, 9.17) is 4.74 Å². The second-order valence-electron chi connectivity index (χ2n) is 9.98. The summed E-state index contributed by atoms with van der Waals surface area (Å²) in [6, 6.07) is 5.20. The summed E-state index contributed by atoms with van der Waals surface area (Å²) in [5.41, 5.74) is -6.37. The molecule has 0 radical (unpaired) electrons. The summed E-state index contributed by atoms with van der Waals surface area (Å²) in [6.07, 6.45) is -10.2. The molecule has 2 aliphatic heterocycles. The van der Waals surface area contributed by atoms with Crippen LogP contribution in [0.15, 0.2) is 34.8 Å². The van der Waals surface area contributed by atoms with Crippen molar-refractivity contribution in [3.63, 3.8) is 0 Å². The van der Waals surface area contributed by atoms with Crippen LogP contribution in [0.25, 0.3) is 0 Å². The second-order valence-corrected chi connectivity index (χ2v) is 10.8. The molecule has 4 rings (SSSR count). The van der Waals surface area contributed by atoms with Gasteiger partial charge in [0.05, 0.1) is 17.7 Å². The van der Waals surface area contributed by atoms with Crippen molar-refractivity contribution in [1.29, 1.82) is 0 Å². The number of amides is 3. The van der Waals surface area contributed by atoms with Crippen LogP contribution in [0, 0.1) is 5.82 Å². The second kappa shape index (κ2) is 11.1. The molecule has 2 aromatic carbocycles. The molecule has 0 spiro atoms. The number of alkyl halides is 6. The largest absolute Gasteiger partial charge is 0.493 e. The van der Waals surface area contributed by atoms with Crippen LogP contribution in [0.1, 0.15) is 55.4 Å². The number of benzene rings is 2. The Bertz CT molecular complexity index is 1330. The van der Waals surface area contributed by atoms with Gasteiger partial charge in [0.25, 0.3) is 11.5 Å². The lowest BCUT2D eigenvalue weighted by Crippen LogP contribution is -2.53. The molecule has 2 aromatic rings. The van der Waals surface area contributed by atoms with E-state index in [1.165, 1.54) is 25.1 Å². The van der Waals surface area contributed by atoms with Crippen molar-refractivity contribution in [3.8, 4) is 5.75 Å². The van der Waals surface area contributed by atoms with Gasteiger partial charge in [0, 0.05) is 17.7 Å². The summed E-state index contributed by atoms with van der Waals surface area (Å²) in [5, 5.41) is 2.62. The molecule has 1 N–H and O–H groups in total. The minimum Gasteiger partial charge on any atom is -0.493 e. The van der Waals surface area contributed by atoms with E-state index in [1.54, 1.807) is 6.92 Å². The zero-order valence-electron chi connectivity index (χ0n) is 21.9. The quantitative estimate of drug-likeness (QED) is 0.179. The number of hydrogen-bond donors (Lipinski definition) is 1. The summed E-state index contributed by atoms with van der Waals surface area (Å²) in [6.45, 7) is 2.44. The molecular weight excluding hydrogens is 629 g/mol. The smallest absolute Gasteiger partial charge is 0.430 e. The fourth-order valence-electron chi connectivity index (χ4n) is 5.17. The van der Waals surface area contributed by atoms with E-state index in [-0.39, 0.29) is 40.9 Å². The SMILES string of the molecule is CCCc1c(OCCCCN2C(=O)NC(C)(c3ccc(F)c(Br)c3)C2=O)ccc2c1COC2(C(F)(F)F)C(F)(F)F. The number of imide groups is 1. The van der Waals surface area contributed by atoms with E-state index in [9.17, 15) is 40.3 Å². The maximum Gasteiger partial charge on any atom is 0.430 e. The number of ether oxygens (including phenoxy) is 2. The third-order valence-corrected chi connectivity index (χ3v) is 7.91. The van der Waals surface area contributed by atoms with Gasteiger partial charge in [0.15, 0.2) is 0 Å². The van der Waals surface area contributed by atoms with Gasteiger partial charge in [-0.2, -0.15) is 26.3 Å². The third kappa shape index (κ3) is 5.28. The Morgan fingerprint density at radius 1 is 1.07 bits per heavy atom. The number of nitrogens with zero attached hydrogens (tertiary/aromatic N) is 1. The highest BCUT2D eigenvalue weighted by molar-refractivity contribution is 9.10. The van der Waals surface area contributed by atoms with Crippen molar-refractivity contribution in [2.45, 2.75) is 69.6 Å². The van der Waals surface area contributed by atoms with Crippen molar-refractivity contribution >= 4 is 27.9 Å². The molecule has 0 saturated carbocycles. The van der Waals surface area contributed by atoms with Crippen molar-refractivity contribution in [2.75, 3.05) is 13.2 Å². The Balaban J connectivity index is 1.42. The molecule has 0 aromatic heterocycles. The van der Waals surface area contributed by atoms with E-state index < -0.39 is 53.4 Å². The van der Waals surface area contributed by atoms with E-state index in [0.29, 0.717) is 24.8 Å². The molecule has 3 amide bonds. The molecule has 41 heavy (non-hydrogen) atoms. The molecule has 1 atom stereocenters. The van der Waals surface area contributed by atoms with Crippen molar-refractivity contribution in [1.82, 2.24) is 10.2 Å². The van der Waals surface area contributed by atoms with Gasteiger partial charge in [-0.3, -0.25) is 9.69 Å². The summed E-state index contributed by atoms with van der Waals surface area (Å²) in [7, 11) is 0. The first-order valence-corrected chi connectivity index (χ1v) is 13.5. The zero-order valence-corrected chi connectivity index (χ0v) is 23.5. The van der Waals surface area contributed by atoms with E-state index in [0.717, 1.165) is 17.0 Å². The third-order valence-electron chi connectivity index (χ3n) is 7.30. The standard InChI is InChI=1S/C27H26BrF7N2O4/c1-3-6-16-17-14-41-25(26(30,31)32,27(33,34)35)18(17)8-10-21(16)40-12-5-4-11-37-22(38)24(2,36-23(37)39)15-7-9-20(29)19(28)13-15/h7-10,13H,3-6,11-12,14H2,1-2H3,(H,36,39). The number of rotatable bonds is 9. The minimum atomic E-state index is -5.72. The predicted molar refractivity (Wildman–Crippen MR) is 135 cm³/mol. The number of halogens is 8. The maximum absolute atomic E-state index is 13.7. The Labute approximate surface area is 239 Å². The van der Waals surface area contributed by atoms with Gasteiger partial charge in [-0.05, 0) is 71.4 Å². The molecular formula is C27H26BrF7N2O4. The minimum absolute atomic E-state index is 0.0332. The number of carbonyl (C=O) groups excluding carboxylic acids is 2. The lowest BCUT2D eigenvalue weighted by atomic mass is 9.87. The highest BCUT2D eigenvalue weighted by Gasteiger charge is 2.75. The predicted octanol–water partition coefficient (Wildman–Crippen LogP) is 7.02. The topological polar surface area (TPSA) is 67.9 Å². The molecule has 0 aliphatic carbocycles. The van der Waals surface area contributed by atoms with Gasteiger partial charge in [-0.15, -0.1) is 0 Å².